The minimum absolute atomic E-state index is 0.272. The molecule has 1 nitrogen and oxygen atoms in total. The van der Waals surface area contributed by atoms with Gasteiger partial charge in [0.1, 0.15) is 0 Å². The molecule has 0 saturated heterocycles. The molecule has 0 aromatic heterocycles. The fourth-order valence-corrected chi connectivity index (χ4v) is 3.63. The first-order valence-electron chi connectivity index (χ1n) is 9.54. The molecule has 0 aliphatic heterocycles. The van der Waals surface area contributed by atoms with Gasteiger partial charge in [0.25, 0.3) is 0 Å². The summed E-state index contributed by atoms with van der Waals surface area (Å²) >= 11 is 0. The number of hydrogen-bond donors (Lipinski definition) is 0. The second-order valence-electron chi connectivity index (χ2n) is 8.56. The van der Waals surface area contributed by atoms with Gasteiger partial charge in [0, 0.05) is 5.92 Å². The SMILES string of the molecule is CCCC[C@@H](C)[C@H](/C=C/CO[Si](C)(C)C(C)(C)C)c1ccccc1. The topological polar surface area (TPSA) is 9.23 Å². The van der Waals surface area contributed by atoms with E-state index in [1.54, 1.807) is 0 Å². The third kappa shape index (κ3) is 6.56. The minimum atomic E-state index is -1.66. The molecule has 0 aliphatic carbocycles. The molecular weight excluding hydrogens is 308 g/mol. The first kappa shape index (κ1) is 21.2. The van der Waals surface area contributed by atoms with Crippen LogP contribution in [0.2, 0.25) is 18.1 Å². The number of benzene rings is 1. The van der Waals surface area contributed by atoms with Gasteiger partial charge in [0.05, 0.1) is 6.61 Å². The molecule has 0 amide bonds. The van der Waals surface area contributed by atoms with Crippen molar-refractivity contribution in [2.45, 2.75) is 77.9 Å². The first-order chi connectivity index (χ1) is 11.2. The molecule has 0 unspecified atom stereocenters. The van der Waals surface area contributed by atoms with Crippen molar-refractivity contribution in [3.8, 4) is 0 Å². The lowest BCUT2D eigenvalue weighted by Crippen LogP contribution is -2.40. The van der Waals surface area contributed by atoms with E-state index in [1.807, 2.05) is 0 Å². The molecule has 24 heavy (non-hydrogen) atoms. The van der Waals surface area contributed by atoms with Crippen LogP contribution in [0.1, 0.15) is 65.4 Å². The van der Waals surface area contributed by atoms with Gasteiger partial charge in [-0.1, -0.05) is 89.9 Å². The largest absolute Gasteiger partial charge is 0.413 e. The maximum absolute atomic E-state index is 6.29. The zero-order valence-electron chi connectivity index (χ0n) is 16.9. The summed E-state index contributed by atoms with van der Waals surface area (Å²) in [6, 6.07) is 10.9. The summed E-state index contributed by atoms with van der Waals surface area (Å²) in [6.07, 6.45) is 8.48. The average Bonchev–Trinajstić information content (AvgIpc) is 2.52. The smallest absolute Gasteiger partial charge is 0.192 e. The summed E-state index contributed by atoms with van der Waals surface area (Å²) in [7, 11) is -1.66. The van der Waals surface area contributed by atoms with Gasteiger partial charge in [-0.05, 0) is 36.0 Å². The molecule has 1 rings (SSSR count). The van der Waals surface area contributed by atoms with E-state index >= 15 is 0 Å². The lowest BCUT2D eigenvalue weighted by Gasteiger charge is -2.35. The van der Waals surface area contributed by atoms with Gasteiger partial charge < -0.3 is 4.43 Å². The average molecular weight is 347 g/mol. The zero-order chi connectivity index (χ0) is 18.2. The van der Waals surface area contributed by atoms with Gasteiger partial charge in [0.2, 0.25) is 0 Å². The quantitative estimate of drug-likeness (QED) is 0.340. The van der Waals surface area contributed by atoms with Crippen LogP contribution in [0, 0.1) is 5.92 Å². The predicted molar refractivity (Wildman–Crippen MR) is 110 cm³/mol. The Balaban J connectivity index is 2.75. The summed E-state index contributed by atoms with van der Waals surface area (Å²) in [5.74, 6) is 1.15. The van der Waals surface area contributed by atoms with E-state index in [0.29, 0.717) is 11.8 Å². The van der Waals surface area contributed by atoms with Crippen LogP contribution in [0.25, 0.3) is 0 Å². The molecule has 2 heteroatoms. The Morgan fingerprint density at radius 1 is 1.12 bits per heavy atom. The standard InChI is InChI=1S/C22H38OSi/c1-8-9-14-19(2)21(20-15-11-10-12-16-20)17-13-18-23-24(6,7)22(3,4)5/h10-13,15-17,19,21H,8-9,14,18H2,1-7H3/b17-13+/t19-,21+/m1/s1. The van der Waals surface area contributed by atoms with Crippen molar-refractivity contribution >= 4 is 8.32 Å². The Hall–Kier alpha value is -0.863. The van der Waals surface area contributed by atoms with Crippen LogP contribution in [0.4, 0.5) is 0 Å². The lowest BCUT2D eigenvalue weighted by atomic mass is 9.84. The molecule has 0 N–H and O–H groups in total. The number of allylic oxidation sites excluding steroid dienone is 1. The summed E-state index contributed by atoms with van der Waals surface area (Å²) in [4.78, 5) is 0. The molecule has 1 aromatic carbocycles. The van der Waals surface area contributed by atoms with Crippen molar-refractivity contribution < 1.29 is 4.43 Å². The highest BCUT2D eigenvalue weighted by Crippen LogP contribution is 2.36. The third-order valence-electron chi connectivity index (χ3n) is 5.50. The number of rotatable bonds is 9. The fourth-order valence-electron chi connectivity index (χ4n) is 2.69. The minimum Gasteiger partial charge on any atom is -0.413 e. The van der Waals surface area contributed by atoms with E-state index < -0.39 is 8.32 Å². The van der Waals surface area contributed by atoms with Crippen molar-refractivity contribution in [1.29, 1.82) is 0 Å². The van der Waals surface area contributed by atoms with Crippen molar-refractivity contribution in [1.82, 2.24) is 0 Å². The van der Waals surface area contributed by atoms with E-state index in [1.165, 1.54) is 24.8 Å². The maximum atomic E-state index is 6.29. The van der Waals surface area contributed by atoms with Crippen LogP contribution < -0.4 is 0 Å². The number of hydrogen-bond acceptors (Lipinski definition) is 1. The second-order valence-corrected chi connectivity index (χ2v) is 13.4. The molecule has 136 valence electrons. The van der Waals surface area contributed by atoms with Crippen molar-refractivity contribution in [2.75, 3.05) is 6.61 Å². The fraction of sp³-hybridized carbons (Fsp3) is 0.636. The Morgan fingerprint density at radius 3 is 2.29 bits per heavy atom. The molecule has 2 atom stereocenters. The molecule has 0 bridgehead atoms. The highest BCUT2D eigenvalue weighted by Gasteiger charge is 2.36. The second kappa shape index (κ2) is 9.58. The molecule has 0 saturated carbocycles. The number of unbranched alkanes of at least 4 members (excludes halogenated alkanes) is 1. The summed E-state index contributed by atoms with van der Waals surface area (Å²) in [5.41, 5.74) is 1.42. The molecule has 0 fully saturated rings. The van der Waals surface area contributed by atoms with Crippen LogP contribution in [0.5, 0.6) is 0 Å². The van der Waals surface area contributed by atoms with Crippen LogP contribution in [0.3, 0.4) is 0 Å². The first-order valence-corrected chi connectivity index (χ1v) is 12.5. The van der Waals surface area contributed by atoms with Gasteiger partial charge in [-0.3, -0.25) is 0 Å². The Labute approximate surface area is 151 Å². The summed E-state index contributed by atoms with van der Waals surface area (Å²) < 4.78 is 6.29. The summed E-state index contributed by atoms with van der Waals surface area (Å²) in [5, 5.41) is 0.272. The molecular formula is C22H38OSi. The predicted octanol–water partition coefficient (Wildman–Crippen LogP) is 7.17. The van der Waals surface area contributed by atoms with Crippen LogP contribution in [-0.2, 0) is 4.43 Å². The highest BCUT2D eigenvalue weighted by molar-refractivity contribution is 6.74. The maximum Gasteiger partial charge on any atom is 0.192 e. The van der Waals surface area contributed by atoms with E-state index in [0.717, 1.165) is 6.61 Å². The van der Waals surface area contributed by atoms with Crippen LogP contribution in [-0.4, -0.2) is 14.9 Å². The van der Waals surface area contributed by atoms with E-state index in [-0.39, 0.29) is 5.04 Å². The third-order valence-corrected chi connectivity index (χ3v) is 10.0. The van der Waals surface area contributed by atoms with Gasteiger partial charge >= 0.3 is 0 Å². The van der Waals surface area contributed by atoms with Crippen LogP contribution >= 0.6 is 0 Å². The molecule has 0 aliphatic rings. The highest BCUT2D eigenvalue weighted by atomic mass is 28.4. The monoisotopic (exact) mass is 346 g/mol. The van der Waals surface area contributed by atoms with E-state index in [4.69, 9.17) is 4.43 Å². The van der Waals surface area contributed by atoms with Gasteiger partial charge in [-0.2, -0.15) is 0 Å². The van der Waals surface area contributed by atoms with E-state index in [2.05, 4.69) is 90.2 Å². The van der Waals surface area contributed by atoms with E-state index in [9.17, 15) is 0 Å². The lowest BCUT2D eigenvalue weighted by molar-refractivity contribution is 0.327. The Kier molecular flexibility index (Phi) is 8.45. The van der Waals surface area contributed by atoms with Crippen molar-refractivity contribution in [3.05, 3.63) is 48.0 Å². The Morgan fingerprint density at radius 2 is 1.75 bits per heavy atom. The molecule has 0 spiro atoms. The van der Waals surface area contributed by atoms with Gasteiger partial charge in [0.15, 0.2) is 8.32 Å². The summed E-state index contributed by atoms with van der Waals surface area (Å²) in [6.45, 7) is 16.9. The molecule has 1 aromatic rings. The van der Waals surface area contributed by atoms with Gasteiger partial charge in [-0.25, -0.2) is 0 Å². The van der Waals surface area contributed by atoms with Gasteiger partial charge in [-0.15, -0.1) is 0 Å². The van der Waals surface area contributed by atoms with Crippen LogP contribution in [0.15, 0.2) is 42.5 Å². The molecule has 0 heterocycles. The van der Waals surface area contributed by atoms with Crippen molar-refractivity contribution in [2.24, 2.45) is 5.92 Å². The zero-order valence-corrected chi connectivity index (χ0v) is 17.9. The molecule has 0 radical (unpaired) electrons. The Bertz CT molecular complexity index is 484. The van der Waals surface area contributed by atoms with Crippen molar-refractivity contribution in [3.63, 3.8) is 0 Å². The normalized spacial score (nSPS) is 15.6.